The van der Waals surface area contributed by atoms with Gasteiger partial charge in [-0.15, -0.1) is 6.58 Å². The summed E-state index contributed by atoms with van der Waals surface area (Å²) in [4.78, 5) is 16.8. The number of pyridine rings is 1. The molecule has 1 aromatic heterocycles. The van der Waals surface area contributed by atoms with E-state index in [-0.39, 0.29) is 17.4 Å². The average Bonchev–Trinajstić information content (AvgIpc) is 2.18. The van der Waals surface area contributed by atoms with Crippen LogP contribution < -0.4 is 0 Å². The summed E-state index contributed by atoms with van der Waals surface area (Å²) >= 11 is 0. The van der Waals surface area contributed by atoms with E-state index in [9.17, 15) is 9.90 Å². The molecule has 4 heteroatoms. The molecule has 0 aromatic carbocycles. The number of carbonyl (C=O) groups excluding carboxylic acids is 1. The number of hydrogen-bond acceptors (Lipinski definition) is 3. The number of rotatable bonds is 3. The van der Waals surface area contributed by atoms with E-state index in [1.54, 1.807) is 19.2 Å². The highest BCUT2D eigenvalue weighted by atomic mass is 16.3. The second kappa shape index (κ2) is 4.41. The second-order valence-corrected chi connectivity index (χ2v) is 2.85. The van der Waals surface area contributed by atoms with E-state index >= 15 is 0 Å². The standard InChI is InChI=1S/C10H12N2O2/c1-3-7-12(2)10(14)9-8(13)5-4-6-11-9/h3-6,13H,1,7H2,2H3. The molecule has 1 aromatic rings. The number of hydrogen-bond donors (Lipinski definition) is 1. The SMILES string of the molecule is C=CCN(C)C(=O)c1ncccc1O. The Hall–Kier alpha value is -1.84. The fraction of sp³-hybridized carbons (Fsp3) is 0.200. The van der Waals surface area contributed by atoms with Gasteiger partial charge in [0.1, 0.15) is 5.75 Å². The summed E-state index contributed by atoms with van der Waals surface area (Å²) in [5.41, 5.74) is 0.0665. The summed E-state index contributed by atoms with van der Waals surface area (Å²) in [7, 11) is 1.62. The lowest BCUT2D eigenvalue weighted by molar-refractivity contribution is 0.0801. The first-order chi connectivity index (χ1) is 6.66. The van der Waals surface area contributed by atoms with Crippen molar-refractivity contribution in [1.29, 1.82) is 0 Å². The highest BCUT2D eigenvalue weighted by Gasteiger charge is 2.15. The zero-order chi connectivity index (χ0) is 10.6. The Balaban J connectivity index is 2.89. The van der Waals surface area contributed by atoms with Crippen LogP contribution in [0.15, 0.2) is 31.0 Å². The molecule has 1 N–H and O–H groups in total. The maximum atomic E-state index is 11.6. The molecular weight excluding hydrogens is 180 g/mol. The van der Waals surface area contributed by atoms with Gasteiger partial charge in [-0.25, -0.2) is 4.98 Å². The number of nitrogens with zero attached hydrogens (tertiary/aromatic N) is 2. The lowest BCUT2D eigenvalue weighted by Gasteiger charge is -2.14. The van der Waals surface area contributed by atoms with E-state index in [0.717, 1.165) is 0 Å². The van der Waals surface area contributed by atoms with Crippen molar-refractivity contribution in [3.63, 3.8) is 0 Å². The molecule has 1 rings (SSSR count). The van der Waals surface area contributed by atoms with Crippen LogP contribution in [0.1, 0.15) is 10.5 Å². The van der Waals surface area contributed by atoms with Gasteiger partial charge in [0.25, 0.3) is 5.91 Å². The number of likely N-dealkylation sites (N-methyl/N-ethyl adjacent to an activating group) is 1. The summed E-state index contributed by atoms with van der Waals surface area (Å²) < 4.78 is 0. The highest BCUT2D eigenvalue weighted by molar-refractivity contribution is 5.94. The van der Waals surface area contributed by atoms with Gasteiger partial charge >= 0.3 is 0 Å². The van der Waals surface area contributed by atoms with Gasteiger partial charge in [-0.2, -0.15) is 0 Å². The Labute approximate surface area is 82.5 Å². The Morgan fingerprint density at radius 1 is 1.79 bits per heavy atom. The van der Waals surface area contributed by atoms with Gasteiger partial charge in [0, 0.05) is 19.8 Å². The zero-order valence-electron chi connectivity index (χ0n) is 7.97. The minimum atomic E-state index is -0.317. The molecule has 4 nitrogen and oxygen atoms in total. The number of aromatic hydroxyl groups is 1. The van der Waals surface area contributed by atoms with Gasteiger partial charge < -0.3 is 10.0 Å². The molecule has 0 bridgehead atoms. The fourth-order valence-electron chi connectivity index (χ4n) is 1.02. The normalized spacial score (nSPS) is 9.50. The maximum Gasteiger partial charge on any atom is 0.276 e. The van der Waals surface area contributed by atoms with Gasteiger partial charge in [-0.3, -0.25) is 4.79 Å². The van der Waals surface area contributed by atoms with Crippen LogP contribution in [0.3, 0.4) is 0 Å². The van der Waals surface area contributed by atoms with Crippen molar-refractivity contribution in [1.82, 2.24) is 9.88 Å². The highest BCUT2D eigenvalue weighted by Crippen LogP contribution is 2.13. The van der Waals surface area contributed by atoms with E-state index in [2.05, 4.69) is 11.6 Å². The van der Waals surface area contributed by atoms with E-state index in [0.29, 0.717) is 6.54 Å². The molecule has 0 unspecified atom stereocenters. The van der Waals surface area contributed by atoms with Crippen LogP contribution >= 0.6 is 0 Å². The molecular formula is C10H12N2O2. The number of carbonyl (C=O) groups is 1. The first-order valence-corrected chi connectivity index (χ1v) is 4.17. The van der Waals surface area contributed by atoms with Crippen LogP contribution in [-0.4, -0.2) is 34.5 Å². The van der Waals surface area contributed by atoms with Crippen molar-refractivity contribution >= 4 is 5.91 Å². The fourth-order valence-corrected chi connectivity index (χ4v) is 1.02. The Morgan fingerprint density at radius 3 is 3.07 bits per heavy atom. The topological polar surface area (TPSA) is 53.4 Å². The van der Waals surface area contributed by atoms with E-state index in [4.69, 9.17) is 0 Å². The zero-order valence-corrected chi connectivity index (χ0v) is 7.97. The number of amides is 1. The predicted octanol–water partition coefficient (Wildman–Crippen LogP) is 1.05. The monoisotopic (exact) mass is 192 g/mol. The smallest absolute Gasteiger partial charge is 0.276 e. The Kier molecular flexibility index (Phi) is 3.23. The summed E-state index contributed by atoms with van der Waals surface area (Å²) in [6.07, 6.45) is 3.08. The lowest BCUT2D eigenvalue weighted by atomic mass is 10.3. The first kappa shape index (κ1) is 10.2. The summed E-state index contributed by atoms with van der Waals surface area (Å²) in [6.45, 7) is 3.95. The van der Waals surface area contributed by atoms with E-state index in [1.165, 1.54) is 17.2 Å². The third-order valence-electron chi connectivity index (χ3n) is 1.74. The minimum absolute atomic E-state index is 0.0665. The summed E-state index contributed by atoms with van der Waals surface area (Å²) in [6, 6.07) is 3.00. The van der Waals surface area contributed by atoms with Crippen molar-refractivity contribution < 1.29 is 9.90 Å². The molecule has 0 aliphatic rings. The largest absolute Gasteiger partial charge is 0.505 e. The van der Waals surface area contributed by atoms with E-state index < -0.39 is 0 Å². The van der Waals surface area contributed by atoms with Crippen LogP contribution in [-0.2, 0) is 0 Å². The van der Waals surface area contributed by atoms with Gasteiger partial charge in [0.15, 0.2) is 5.69 Å². The molecule has 0 saturated heterocycles. The number of aromatic nitrogens is 1. The average molecular weight is 192 g/mol. The predicted molar refractivity (Wildman–Crippen MR) is 53.1 cm³/mol. The molecule has 0 aliphatic heterocycles. The molecule has 74 valence electrons. The first-order valence-electron chi connectivity index (χ1n) is 4.17. The molecule has 0 atom stereocenters. The minimum Gasteiger partial charge on any atom is -0.505 e. The molecule has 0 saturated carbocycles. The lowest BCUT2D eigenvalue weighted by Crippen LogP contribution is -2.27. The molecule has 1 heterocycles. The Morgan fingerprint density at radius 2 is 2.50 bits per heavy atom. The van der Waals surface area contributed by atoms with Crippen LogP contribution in [0.25, 0.3) is 0 Å². The van der Waals surface area contributed by atoms with Gasteiger partial charge in [0.2, 0.25) is 0 Å². The quantitative estimate of drug-likeness (QED) is 0.728. The summed E-state index contributed by atoms with van der Waals surface area (Å²) in [5, 5.41) is 9.36. The second-order valence-electron chi connectivity index (χ2n) is 2.85. The third-order valence-corrected chi connectivity index (χ3v) is 1.74. The van der Waals surface area contributed by atoms with Crippen molar-refractivity contribution in [2.75, 3.05) is 13.6 Å². The van der Waals surface area contributed by atoms with Crippen molar-refractivity contribution in [3.05, 3.63) is 36.7 Å². The van der Waals surface area contributed by atoms with Crippen molar-refractivity contribution in [3.8, 4) is 5.75 Å². The van der Waals surface area contributed by atoms with Gasteiger partial charge in [-0.05, 0) is 12.1 Å². The molecule has 0 aliphatic carbocycles. The molecule has 14 heavy (non-hydrogen) atoms. The van der Waals surface area contributed by atoms with Crippen LogP contribution in [0.4, 0.5) is 0 Å². The molecule has 0 spiro atoms. The van der Waals surface area contributed by atoms with E-state index in [1.807, 2.05) is 0 Å². The van der Waals surface area contributed by atoms with Crippen LogP contribution in [0.2, 0.25) is 0 Å². The Bertz CT molecular complexity index is 350. The molecule has 0 fully saturated rings. The third kappa shape index (κ3) is 2.10. The summed E-state index contributed by atoms with van der Waals surface area (Å²) in [5.74, 6) is -0.420. The molecule has 0 radical (unpaired) electrons. The van der Waals surface area contributed by atoms with Crippen molar-refractivity contribution in [2.24, 2.45) is 0 Å². The van der Waals surface area contributed by atoms with Crippen molar-refractivity contribution in [2.45, 2.75) is 0 Å². The van der Waals surface area contributed by atoms with Gasteiger partial charge in [0.05, 0.1) is 0 Å². The van der Waals surface area contributed by atoms with Gasteiger partial charge in [-0.1, -0.05) is 6.08 Å². The van der Waals surface area contributed by atoms with Crippen LogP contribution in [0.5, 0.6) is 5.75 Å². The molecule has 1 amide bonds. The maximum absolute atomic E-state index is 11.6. The van der Waals surface area contributed by atoms with Crippen LogP contribution in [0, 0.1) is 0 Å².